The second-order valence-corrected chi connectivity index (χ2v) is 7.23. The van der Waals surface area contributed by atoms with Crippen LogP contribution in [0.4, 0.5) is 0 Å². The van der Waals surface area contributed by atoms with E-state index in [0.717, 1.165) is 25.2 Å². The quantitative estimate of drug-likeness (QED) is 0.748. The van der Waals surface area contributed by atoms with Gasteiger partial charge in [-0.25, -0.2) is 4.98 Å². The third kappa shape index (κ3) is 2.56. The third-order valence-electron chi connectivity index (χ3n) is 4.41. The Morgan fingerprint density at radius 1 is 1.33 bits per heavy atom. The van der Waals surface area contributed by atoms with Gasteiger partial charge in [-0.1, -0.05) is 44.0 Å². The lowest BCUT2D eigenvalue weighted by atomic mass is 9.76. The van der Waals surface area contributed by atoms with Crippen molar-refractivity contribution in [1.29, 1.82) is 0 Å². The Labute approximate surface area is 132 Å². The van der Waals surface area contributed by atoms with Gasteiger partial charge in [-0.15, -0.1) is 0 Å². The Kier molecular flexibility index (Phi) is 3.71. The molecule has 2 nitrogen and oxygen atoms in total. The lowest BCUT2D eigenvalue weighted by molar-refractivity contribution is 0.195. The minimum atomic E-state index is 0.0986. The van der Waals surface area contributed by atoms with Gasteiger partial charge in [0.15, 0.2) is 0 Å². The zero-order chi connectivity index (χ0) is 15.2. The summed E-state index contributed by atoms with van der Waals surface area (Å²) in [5.74, 6) is 0. The Bertz CT molecular complexity index is 691. The molecule has 0 bridgehead atoms. The van der Waals surface area contributed by atoms with Crippen molar-refractivity contribution in [3.05, 3.63) is 40.0 Å². The largest absolute Gasteiger partial charge is 0.298 e. The Hall–Kier alpha value is -1.12. The van der Waals surface area contributed by atoms with Gasteiger partial charge in [-0.2, -0.15) is 0 Å². The summed E-state index contributed by atoms with van der Waals surface area (Å²) < 4.78 is 0. The van der Waals surface area contributed by atoms with Crippen molar-refractivity contribution in [2.45, 2.75) is 46.1 Å². The minimum Gasteiger partial charge on any atom is -0.298 e. The maximum atomic E-state index is 6.52. The maximum absolute atomic E-state index is 6.52. The highest BCUT2D eigenvalue weighted by atomic mass is 35.5. The Balaban J connectivity index is 2.26. The highest BCUT2D eigenvalue weighted by Crippen LogP contribution is 2.40. The zero-order valence-electron chi connectivity index (χ0n) is 13.3. The molecule has 2 heterocycles. The predicted octanol–water partition coefficient (Wildman–Crippen LogP) is 4.70. The monoisotopic (exact) mass is 302 g/mol. The number of rotatable bonds is 2. The normalized spacial score (nSPS) is 18.0. The van der Waals surface area contributed by atoms with Crippen LogP contribution in [0.2, 0.25) is 5.15 Å². The molecule has 3 heteroatoms. The van der Waals surface area contributed by atoms with Crippen LogP contribution in [0.3, 0.4) is 0 Å². The number of nitrogens with zero attached hydrogens (tertiary/aromatic N) is 2. The summed E-state index contributed by atoms with van der Waals surface area (Å²) >= 11 is 6.52. The van der Waals surface area contributed by atoms with E-state index in [2.05, 4.69) is 55.8 Å². The first kappa shape index (κ1) is 14.8. The van der Waals surface area contributed by atoms with E-state index in [-0.39, 0.29) is 5.41 Å². The van der Waals surface area contributed by atoms with Gasteiger partial charge in [0, 0.05) is 29.5 Å². The SMILES string of the molecule is CCCN1Cc2c(Cl)nc3ccc(C)cc3c2C(C)(C)C1. The predicted molar refractivity (Wildman–Crippen MR) is 90.1 cm³/mol. The van der Waals surface area contributed by atoms with Crippen molar-refractivity contribution in [3.8, 4) is 0 Å². The molecule has 0 saturated carbocycles. The molecule has 2 aromatic rings. The number of hydrogen-bond donors (Lipinski definition) is 0. The van der Waals surface area contributed by atoms with Crippen molar-refractivity contribution >= 4 is 22.5 Å². The van der Waals surface area contributed by atoms with Crippen LogP contribution >= 0.6 is 11.6 Å². The minimum absolute atomic E-state index is 0.0986. The van der Waals surface area contributed by atoms with Gasteiger partial charge in [0.1, 0.15) is 5.15 Å². The molecule has 1 aromatic carbocycles. The van der Waals surface area contributed by atoms with Crippen LogP contribution in [0, 0.1) is 6.92 Å². The molecule has 0 saturated heterocycles. The summed E-state index contributed by atoms with van der Waals surface area (Å²) in [6.07, 6.45) is 1.17. The van der Waals surface area contributed by atoms with E-state index in [4.69, 9.17) is 11.6 Å². The number of aromatic nitrogens is 1. The van der Waals surface area contributed by atoms with Crippen LogP contribution in [0.25, 0.3) is 10.9 Å². The van der Waals surface area contributed by atoms with Crippen molar-refractivity contribution in [2.75, 3.05) is 13.1 Å². The van der Waals surface area contributed by atoms with Crippen molar-refractivity contribution in [1.82, 2.24) is 9.88 Å². The van der Waals surface area contributed by atoms with Crippen LogP contribution in [0.15, 0.2) is 18.2 Å². The van der Waals surface area contributed by atoms with Gasteiger partial charge in [-0.3, -0.25) is 4.90 Å². The Morgan fingerprint density at radius 3 is 2.81 bits per heavy atom. The number of benzene rings is 1. The zero-order valence-corrected chi connectivity index (χ0v) is 14.1. The summed E-state index contributed by atoms with van der Waals surface area (Å²) in [6.45, 7) is 12.1. The average molecular weight is 303 g/mol. The van der Waals surface area contributed by atoms with Crippen LogP contribution in [0.5, 0.6) is 0 Å². The number of hydrogen-bond acceptors (Lipinski definition) is 2. The van der Waals surface area contributed by atoms with Gasteiger partial charge < -0.3 is 0 Å². The van der Waals surface area contributed by atoms with E-state index >= 15 is 0 Å². The van der Waals surface area contributed by atoms with Crippen molar-refractivity contribution in [3.63, 3.8) is 0 Å². The van der Waals surface area contributed by atoms with E-state index in [1.807, 2.05) is 0 Å². The highest BCUT2D eigenvalue weighted by Gasteiger charge is 2.34. The second kappa shape index (κ2) is 5.26. The van der Waals surface area contributed by atoms with Crippen LogP contribution in [0.1, 0.15) is 43.9 Å². The van der Waals surface area contributed by atoms with E-state index in [9.17, 15) is 0 Å². The molecular weight excluding hydrogens is 280 g/mol. The van der Waals surface area contributed by atoms with Gasteiger partial charge in [0.2, 0.25) is 0 Å². The third-order valence-corrected chi connectivity index (χ3v) is 4.72. The van der Waals surface area contributed by atoms with E-state index in [0.29, 0.717) is 5.15 Å². The lowest BCUT2D eigenvalue weighted by Gasteiger charge is -2.40. The van der Waals surface area contributed by atoms with Gasteiger partial charge in [-0.05, 0) is 37.6 Å². The van der Waals surface area contributed by atoms with Crippen LogP contribution < -0.4 is 0 Å². The number of halogens is 1. The summed E-state index contributed by atoms with van der Waals surface area (Å²) in [5.41, 5.74) is 5.01. The topological polar surface area (TPSA) is 16.1 Å². The summed E-state index contributed by atoms with van der Waals surface area (Å²) in [7, 11) is 0. The number of aryl methyl sites for hydroxylation is 1. The molecule has 1 aliphatic rings. The summed E-state index contributed by atoms with van der Waals surface area (Å²) in [5, 5.41) is 1.95. The molecule has 1 aromatic heterocycles. The molecule has 1 aliphatic heterocycles. The van der Waals surface area contributed by atoms with E-state index in [1.54, 1.807) is 0 Å². The first-order valence-electron chi connectivity index (χ1n) is 7.74. The summed E-state index contributed by atoms with van der Waals surface area (Å²) in [4.78, 5) is 7.13. The Morgan fingerprint density at radius 2 is 2.10 bits per heavy atom. The molecule has 21 heavy (non-hydrogen) atoms. The summed E-state index contributed by atoms with van der Waals surface area (Å²) in [6, 6.07) is 6.46. The highest BCUT2D eigenvalue weighted by molar-refractivity contribution is 6.30. The molecule has 0 amide bonds. The molecule has 0 N–H and O–H groups in total. The molecule has 0 fully saturated rings. The number of fused-ring (bicyclic) bond motifs is 3. The molecule has 0 unspecified atom stereocenters. The average Bonchev–Trinajstić information content (AvgIpc) is 2.39. The molecule has 0 aliphatic carbocycles. The molecule has 0 spiro atoms. The fourth-order valence-electron chi connectivity index (χ4n) is 3.70. The van der Waals surface area contributed by atoms with Gasteiger partial charge >= 0.3 is 0 Å². The van der Waals surface area contributed by atoms with Crippen molar-refractivity contribution < 1.29 is 0 Å². The van der Waals surface area contributed by atoms with Crippen molar-refractivity contribution in [2.24, 2.45) is 0 Å². The standard InChI is InChI=1S/C18H23ClN2/c1-5-8-21-10-14-16(18(3,4)11-21)13-9-12(2)6-7-15(13)20-17(14)19/h6-7,9H,5,8,10-11H2,1-4H3. The maximum Gasteiger partial charge on any atom is 0.134 e. The first-order chi connectivity index (χ1) is 9.92. The fraction of sp³-hybridized carbons (Fsp3) is 0.500. The van der Waals surface area contributed by atoms with Crippen LogP contribution in [-0.4, -0.2) is 23.0 Å². The smallest absolute Gasteiger partial charge is 0.134 e. The van der Waals surface area contributed by atoms with Gasteiger partial charge in [0.05, 0.1) is 5.52 Å². The molecule has 3 rings (SSSR count). The lowest BCUT2D eigenvalue weighted by Crippen LogP contribution is -2.42. The first-order valence-corrected chi connectivity index (χ1v) is 8.12. The second-order valence-electron chi connectivity index (χ2n) is 6.87. The van der Waals surface area contributed by atoms with Crippen LogP contribution in [-0.2, 0) is 12.0 Å². The van der Waals surface area contributed by atoms with Gasteiger partial charge in [0.25, 0.3) is 0 Å². The molecular formula is C18H23ClN2. The molecule has 112 valence electrons. The molecule has 0 radical (unpaired) electrons. The van der Waals surface area contributed by atoms with E-state index < -0.39 is 0 Å². The molecule has 0 atom stereocenters. The van der Waals surface area contributed by atoms with E-state index in [1.165, 1.54) is 28.5 Å². The fourth-order valence-corrected chi connectivity index (χ4v) is 3.94. The number of pyridine rings is 1.